The maximum atomic E-state index is 9.63. The maximum absolute atomic E-state index is 9.63. The Morgan fingerprint density at radius 3 is 2.71 bits per heavy atom. The van der Waals surface area contributed by atoms with Gasteiger partial charge in [0.1, 0.15) is 0 Å². The van der Waals surface area contributed by atoms with Gasteiger partial charge < -0.3 is 12.6 Å². The van der Waals surface area contributed by atoms with E-state index in [1.807, 2.05) is 11.4 Å². The third-order valence-corrected chi connectivity index (χ3v) is 5.86. The number of aromatic nitrogens is 1. The molecule has 0 bridgehead atoms. The Morgan fingerprint density at radius 1 is 1.17 bits per heavy atom. The van der Waals surface area contributed by atoms with Gasteiger partial charge in [-0.1, -0.05) is 41.4 Å². The van der Waals surface area contributed by atoms with Crippen LogP contribution in [0.1, 0.15) is 34.7 Å². The molecule has 0 fully saturated rings. The zero-order valence-electron chi connectivity index (χ0n) is 13.0. The Bertz CT molecular complexity index is 909. The van der Waals surface area contributed by atoms with Crippen molar-refractivity contribution in [3.05, 3.63) is 70.2 Å². The summed E-state index contributed by atoms with van der Waals surface area (Å²) in [4.78, 5) is 5.70. The number of thiophene rings is 1. The highest BCUT2D eigenvalue weighted by atomic mass is 32.1. The van der Waals surface area contributed by atoms with E-state index in [2.05, 4.69) is 47.5 Å². The van der Waals surface area contributed by atoms with Gasteiger partial charge in [0.2, 0.25) is 0 Å². The average molecular weight is 347 g/mol. The van der Waals surface area contributed by atoms with Crippen LogP contribution in [0.3, 0.4) is 0 Å². The number of nitrogens with zero attached hydrogens (tertiary/aromatic N) is 2. The number of benzene rings is 1. The number of pyridine rings is 1. The van der Waals surface area contributed by atoms with Crippen LogP contribution in [0.4, 0.5) is 0 Å². The molecule has 0 spiro atoms. The third-order valence-electron chi connectivity index (χ3n) is 4.68. The van der Waals surface area contributed by atoms with Crippen LogP contribution in [0.2, 0.25) is 0 Å². The van der Waals surface area contributed by atoms with Gasteiger partial charge in [-0.05, 0) is 47.8 Å². The molecule has 0 radical (unpaired) electrons. The molecule has 1 aliphatic rings. The Balaban J connectivity index is 1.86. The summed E-state index contributed by atoms with van der Waals surface area (Å²) in [5.41, 5.74) is 5.22. The van der Waals surface area contributed by atoms with E-state index in [1.54, 1.807) is 11.3 Å². The molecule has 0 amide bonds. The third kappa shape index (κ3) is 2.60. The summed E-state index contributed by atoms with van der Waals surface area (Å²) in [6, 6.07) is 17.0. The van der Waals surface area contributed by atoms with E-state index in [4.69, 9.17) is 12.6 Å². The largest absolute Gasteiger partial charge is 0.759 e. The first-order valence-electron chi connectivity index (χ1n) is 7.99. The van der Waals surface area contributed by atoms with Crippen LogP contribution in [0.5, 0.6) is 0 Å². The van der Waals surface area contributed by atoms with Crippen LogP contribution >= 0.6 is 11.3 Å². The molecule has 2 nitrogen and oxygen atoms in total. The topological polar surface area (TPSA) is 36.7 Å². The number of hydrogen-bond acceptors (Lipinski definition) is 4. The smallest absolute Gasteiger partial charge is 0.0998 e. The van der Waals surface area contributed by atoms with Crippen molar-refractivity contribution in [2.24, 2.45) is 0 Å². The zero-order chi connectivity index (χ0) is 16.5. The molecule has 4 heteroatoms. The molecule has 0 N–H and O–H groups in total. The van der Waals surface area contributed by atoms with Gasteiger partial charge in [0.15, 0.2) is 0 Å². The van der Waals surface area contributed by atoms with Crippen molar-refractivity contribution in [3.8, 4) is 16.5 Å². The lowest BCUT2D eigenvalue weighted by atomic mass is 9.79. The fourth-order valence-corrected chi connectivity index (χ4v) is 4.60. The summed E-state index contributed by atoms with van der Waals surface area (Å²) in [6.07, 6.45) is 2.92. The van der Waals surface area contributed by atoms with Crippen molar-refractivity contribution in [1.29, 1.82) is 5.26 Å². The summed E-state index contributed by atoms with van der Waals surface area (Å²) in [5, 5.41) is 12.1. The molecular formula is C20H15N2S2-. The molecule has 1 atom stereocenters. The minimum absolute atomic E-state index is 0.442. The van der Waals surface area contributed by atoms with Crippen molar-refractivity contribution in [3.63, 3.8) is 0 Å². The summed E-state index contributed by atoms with van der Waals surface area (Å²) in [6.45, 7) is 0. The standard InChI is InChI=1S/C20H16N2S2/c21-12-16-19(18-7-4-10-24-18)15-11-14(13-5-2-1-3-6-13)8-9-17(15)22-20(16)23/h1-7,10,14H,8-9,11H2,(H,22,23)/p-1/t14-/m1/s1. The summed E-state index contributed by atoms with van der Waals surface area (Å²) < 4.78 is 0. The van der Waals surface area contributed by atoms with Gasteiger partial charge in [-0.15, -0.1) is 11.3 Å². The van der Waals surface area contributed by atoms with Crippen molar-refractivity contribution in [1.82, 2.24) is 4.98 Å². The quantitative estimate of drug-likeness (QED) is 0.621. The van der Waals surface area contributed by atoms with Crippen LogP contribution < -0.4 is 0 Å². The summed E-state index contributed by atoms with van der Waals surface area (Å²) >= 11 is 7.05. The fraction of sp³-hybridized carbons (Fsp3) is 0.200. The first-order valence-corrected chi connectivity index (χ1v) is 9.28. The van der Waals surface area contributed by atoms with E-state index in [0.717, 1.165) is 35.4 Å². The second kappa shape index (κ2) is 6.35. The molecule has 0 saturated heterocycles. The number of fused-ring (bicyclic) bond motifs is 1. The van der Waals surface area contributed by atoms with E-state index >= 15 is 0 Å². The van der Waals surface area contributed by atoms with Crippen LogP contribution in [0.15, 0.2) is 52.9 Å². The van der Waals surface area contributed by atoms with E-state index in [1.165, 1.54) is 11.1 Å². The van der Waals surface area contributed by atoms with E-state index in [0.29, 0.717) is 16.5 Å². The van der Waals surface area contributed by atoms with Gasteiger partial charge in [0.05, 0.1) is 11.6 Å². The van der Waals surface area contributed by atoms with Crippen LogP contribution in [-0.2, 0) is 25.5 Å². The van der Waals surface area contributed by atoms with E-state index in [9.17, 15) is 5.26 Å². The molecule has 0 aliphatic heterocycles. The highest BCUT2D eigenvalue weighted by molar-refractivity contribution is 7.58. The van der Waals surface area contributed by atoms with Crippen LogP contribution in [0, 0.1) is 11.3 Å². The zero-order valence-corrected chi connectivity index (χ0v) is 14.7. The molecule has 4 rings (SSSR count). The van der Waals surface area contributed by atoms with Gasteiger partial charge in [0.25, 0.3) is 0 Å². The minimum atomic E-state index is 0.442. The number of hydrogen-bond donors (Lipinski definition) is 0. The van der Waals surface area contributed by atoms with Crippen molar-refractivity contribution < 1.29 is 0 Å². The van der Waals surface area contributed by atoms with Crippen molar-refractivity contribution in [2.45, 2.75) is 30.2 Å². The molecule has 0 unspecified atom stereocenters. The highest BCUT2D eigenvalue weighted by Gasteiger charge is 2.26. The molecule has 2 aromatic heterocycles. The van der Waals surface area contributed by atoms with Crippen LogP contribution in [-0.4, -0.2) is 4.98 Å². The molecule has 24 heavy (non-hydrogen) atoms. The fourth-order valence-electron chi connectivity index (χ4n) is 3.54. The molecule has 1 aliphatic carbocycles. The molecule has 2 heterocycles. The Morgan fingerprint density at radius 2 is 2.00 bits per heavy atom. The Labute approximate surface area is 151 Å². The molecule has 0 saturated carbocycles. The average Bonchev–Trinajstić information content (AvgIpc) is 3.15. The van der Waals surface area contributed by atoms with Crippen molar-refractivity contribution >= 4 is 24.0 Å². The lowest BCUT2D eigenvalue weighted by Gasteiger charge is -2.28. The summed E-state index contributed by atoms with van der Waals surface area (Å²) in [7, 11) is 0. The Kier molecular flexibility index (Phi) is 4.05. The SMILES string of the molecule is N#Cc1c([S-])nc2c(c1-c1cccs1)C[C@H](c1ccccc1)CC2. The second-order valence-corrected chi connectivity index (χ2v) is 7.37. The number of nitriles is 1. The predicted octanol–water partition coefficient (Wildman–Crippen LogP) is 4.86. The molecule has 3 aromatic rings. The van der Waals surface area contributed by atoms with Crippen molar-refractivity contribution in [2.75, 3.05) is 0 Å². The Hall–Kier alpha value is -2.22. The molecule has 1 aromatic carbocycles. The number of rotatable bonds is 2. The van der Waals surface area contributed by atoms with E-state index in [-0.39, 0.29) is 0 Å². The van der Waals surface area contributed by atoms with Gasteiger partial charge in [-0.3, -0.25) is 4.98 Å². The summed E-state index contributed by atoms with van der Waals surface area (Å²) in [5.74, 6) is 0.474. The number of aryl methyl sites for hydroxylation is 1. The maximum Gasteiger partial charge on any atom is 0.0998 e. The van der Waals surface area contributed by atoms with Gasteiger partial charge in [-0.2, -0.15) is 5.26 Å². The lowest BCUT2D eigenvalue weighted by Crippen LogP contribution is -2.17. The monoisotopic (exact) mass is 347 g/mol. The first-order chi connectivity index (χ1) is 11.8. The molecule has 118 valence electrons. The normalized spacial score (nSPS) is 16.4. The second-order valence-electron chi connectivity index (χ2n) is 6.03. The van der Waals surface area contributed by atoms with Gasteiger partial charge in [-0.25, -0.2) is 0 Å². The first kappa shape index (κ1) is 15.3. The molecular weight excluding hydrogens is 332 g/mol. The minimum Gasteiger partial charge on any atom is -0.759 e. The van der Waals surface area contributed by atoms with E-state index < -0.39 is 0 Å². The van der Waals surface area contributed by atoms with Gasteiger partial charge >= 0.3 is 0 Å². The predicted molar refractivity (Wildman–Crippen MR) is 99.1 cm³/mol. The van der Waals surface area contributed by atoms with Gasteiger partial charge in [0, 0.05) is 16.1 Å². The van der Waals surface area contributed by atoms with Crippen LogP contribution in [0.25, 0.3) is 10.4 Å². The highest BCUT2D eigenvalue weighted by Crippen LogP contribution is 2.40. The lowest BCUT2D eigenvalue weighted by molar-refractivity contribution is 0.571.